The molecule has 0 spiro atoms. The maximum atomic E-state index is 12.5. The van der Waals surface area contributed by atoms with Gasteiger partial charge in [0.05, 0.1) is 11.8 Å². The van der Waals surface area contributed by atoms with Gasteiger partial charge in [-0.1, -0.05) is 30.3 Å². The molecule has 2 saturated heterocycles. The Hall–Kier alpha value is -1.15. The molecule has 1 unspecified atom stereocenters. The molecule has 1 aromatic rings. The number of sulfonamides is 1. The quantitative estimate of drug-likeness (QED) is 0.797. The van der Waals surface area contributed by atoms with Crippen molar-refractivity contribution in [2.24, 2.45) is 0 Å². The molecule has 2 aliphatic heterocycles. The molecule has 0 aliphatic carbocycles. The number of rotatable bonds is 5. The maximum absolute atomic E-state index is 12.5. The molecule has 0 bridgehead atoms. The van der Waals surface area contributed by atoms with Crippen molar-refractivity contribution in [3.8, 4) is 0 Å². The summed E-state index contributed by atoms with van der Waals surface area (Å²) in [5.74, 6) is 0.0923. The second-order valence-corrected chi connectivity index (χ2v) is 8.54. The van der Waals surface area contributed by atoms with Gasteiger partial charge in [-0.25, -0.2) is 12.7 Å². The van der Waals surface area contributed by atoms with Crippen molar-refractivity contribution in [1.29, 1.82) is 0 Å². The lowest BCUT2D eigenvalue weighted by Gasteiger charge is -2.32. The third kappa shape index (κ3) is 5.41. The van der Waals surface area contributed by atoms with Gasteiger partial charge in [0.25, 0.3) is 0 Å². The first-order valence-electron chi connectivity index (χ1n) is 8.60. The number of carbonyl (C=O) groups is 1. The first-order valence-corrected chi connectivity index (χ1v) is 10.2. The summed E-state index contributed by atoms with van der Waals surface area (Å²) in [7, 11) is -3.30. The van der Waals surface area contributed by atoms with Crippen LogP contribution in [0.5, 0.6) is 0 Å². The molecule has 140 valence electrons. The van der Waals surface area contributed by atoms with Gasteiger partial charge >= 0.3 is 0 Å². The zero-order chi connectivity index (χ0) is 17.0. The Labute approximate surface area is 155 Å². The minimum absolute atomic E-state index is 0. The summed E-state index contributed by atoms with van der Waals surface area (Å²) >= 11 is 0. The van der Waals surface area contributed by atoms with Crippen molar-refractivity contribution in [2.75, 3.05) is 19.6 Å². The maximum Gasteiger partial charge on any atom is 0.237 e. The second-order valence-electron chi connectivity index (χ2n) is 6.57. The second kappa shape index (κ2) is 8.98. The minimum Gasteiger partial charge on any atom is -0.352 e. The molecule has 1 atom stereocenters. The van der Waals surface area contributed by atoms with Crippen molar-refractivity contribution < 1.29 is 13.2 Å². The van der Waals surface area contributed by atoms with E-state index >= 15 is 0 Å². The van der Waals surface area contributed by atoms with Crippen molar-refractivity contribution >= 4 is 28.3 Å². The lowest BCUT2D eigenvalue weighted by atomic mass is 10.1. The zero-order valence-electron chi connectivity index (χ0n) is 14.2. The molecule has 1 aromatic carbocycles. The number of benzene rings is 1. The van der Waals surface area contributed by atoms with Gasteiger partial charge in [0.1, 0.15) is 0 Å². The summed E-state index contributed by atoms with van der Waals surface area (Å²) in [6.07, 6.45) is 3.27. The van der Waals surface area contributed by atoms with E-state index < -0.39 is 10.0 Å². The Kier molecular flexibility index (Phi) is 7.25. The van der Waals surface area contributed by atoms with E-state index in [4.69, 9.17) is 0 Å². The highest BCUT2D eigenvalue weighted by atomic mass is 35.5. The van der Waals surface area contributed by atoms with Gasteiger partial charge in [-0.05, 0) is 37.8 Å². The number of nitrogens with one attached hydrogen (secondary N) is 2. The lowest BCUT2D eigenvalue weighted by molar-refractivity contribution is -0.123. The van der Waals surface area contributed by atoms with E-state index in [0.29, 0.717) is 25.9 Å². The normalized spacial score (nSPS) is 22.3. The monoisotopic (exact) mass is 387 g/mol. The predicted octanol–water partition coefficient (Wildman–Crippen LogP) is 1.27. The first-order chi connectivity index (χ1) is 11.5. The van der Waals surface area contributed by atoms with Gasteiger partial charge in [0, 0.05) is 19.1 Å². The van der Waals surface area contributed by atoms with Gasteiger partial charge in [-0.3, -0.25) is 4.79 Å². The molecule has 3 rings (SSSR count). The van der Waals surface area contributed by atoms with E-state index in [1.165, 1.54) is 0 Å². The SMILES string of the molecule is Cl.O=C(NC1CCN(S(=O)(=O)Cc2ccccc2)CC1)C1CCCN1. The number of nitrogens with zero attached hydrogens (tertiary/aromatic N) is 1. The Morgan fingerprint density at radius 3 is 2.44 bits per heavy atom. The van der Waals surface area contributed by atoms with E-state index in [2.05, 4.69) is 10.6 Å². The average Bonchev–Trinajstić information content (AvgIpc) is 3.10. The van der Waals surface area contributed by atoms with Crippen LogP contribution in [0.3, 0.4) is 0 Å². The Morgan fingerprint density at radius 2 is 1.84 bits per heavy atom. The standard InChI is InChI=1S/C17H25N3O3S.ClH/c21-17(16-7-4-10-18-16)19-15-8-11-20(12-9-15)24(22,23)13-14-5-2-1-3-6-14;/h1-3,5-6,15-16,18H,4,7-13H2,(H,19,21);1H. The zero-order valence-corrected chi connectivity index (χ0v) is 15.8. The molecule has 0 aromatic heterocycles. The van der Waals surface area contributed by atoms with E-state index in [1.54, 1.807) is 4.31 Å². The van der Waals surface area contributed by atoms with Gasteiger partial charge in [-0.15, -0.1) is 12.4 Å². The summed E-state index contributed by atoms with van der Waals surface area (Å²) in [5.41, 5.74) is 0.806. The van der Waals surface area contributed by atoms with Crippen molar-refractivity contribution in [1.82, 2.24) is 14.9 Å². The van der Waals surface area contributed by atoms with Crippen LogP contribution < -0.4 is 10.6 Å². The van der Waals surface area contributed by atoms with Gasteiger partial charge in [-0.2, -0.15) is 0 Å². The van der Waals surface area contributed by atoms with Crippen LogP contribution in [-0.2, 0) is 20.6 Å². The van der Waals surface area contributed by atoms with Crippen LogP contribution in [0, 0.1) is 0 Å². The number of halogens is 1. The summed E-state index contributed by atoms with van der Waals surface area (Å²) in [4.78, 5) is 12.1. The molecule has 2 aliphatic rings. The topological polar surface area (TPSA) is 78.5 Å². The minimum atomic E-state index is -3.30. The Bertz CT molecular complexity index is 655. The number of piperidine rings is 1. The number of hydrogen-bond donors (Lipinski definition) is 2. The van der Waals surface area contributed by atoms with Crippen LogP contribution in [0.15, 0.2) is 30.3 Å². The third-order valence-corrected chi connectivity index (χ3v) is 6.61. The van der Waals surface area contributed by atoms with E-state index in [-0.39, 0.29) is 36.2 Å². The largest absolute Gasteiger partial charge is 0.352 e. The summed E-state index contributed by atoms with van der Waals surface area (Å²) in [6, 6.07) is 9.24. The molecular weight excluding hydrogens is 362 g/mol. The molecule has 0 saturated carbocycles. The summed E-state index contributed by atoms with van der Waals surface area (Å²) < 4.78 is 26.6. The average molecular weight is 388 g/mol. The van der Waals surface area contributed by atoms with Crippen molar-refractivity contribution in [2.45, 2.75) is 43.5 Å². The lowest BCUT2D eigenvalue weighted by Crippen LogP contribution is -2.50. The molecule has 6 nitrogen and oxygen atoms in total. The van der Waals surface area contributed by atoms with Crippen LogP contribution in [-0.4, -0.2) is 50.3 Å². The van der Waals surface area contributed by atoms with E-state index in [0.717, 1.165) is 24.9 Å². The van der Waals surface area contributed by atoms with Crippen LogP contribution in [0.2, 0.25) is 0 Å². The first kappa shape index (κ1) is 20.2. The molecular formula is C17H26ClN3O3S. The molecule has 2 heterocycles. The summed E-state index contributed by atoms with van der Waals surface area (Å²) in [6.45, 7) is 1.84. The fourth-order valence-electron chi connectivity index (χ4n) is 3.36. The van der Waals surface area contributed by atoms with Crippen LogP contribution in [0.4, 0.5) is 0 Å². The van der Waals surface area contributed by atoms with Gasteiger partial charge < -0.3 is 10.6 Å². The molecule has 2 fully saturated rings. The van der Waals surface area contributed by atoms with Crippen LogP contribution >= 0.6 is 12.4 Å². The van der Waals surface area contributed by atoms with Crippen molar-refractivity contribution in [3.05, 3.63) is 35.9 Å². The molecule has 1 amide bonds. The molecule has 25 heavy (non-hydrogen) atoms. The third-order valence-electron chi connectivity index (χ3n) is 4.76. The Balaban J connectivity index is 0.00000225. The van der Waals surface area contributed by atoms with E-state index in [9.17, 15) is 13.2 Å². The van der Waals surface area contributed by atoms with Crippen molar-refractivity contribution in [3.63, 3.8) is 0 Å². The van der Waals surface area contributed by atoms with Gasteiger partial charge in [0.2, 0.25) is 15.9 Å². The van der Waals surface area contributed by atoms with Crippen LogP contribution in [0.1, 0.15) is 31.2 Å². The highest BCUT2D eigenvalue weighted by Gasteiger charge is 2.30. The highest BCUT2D eigenvalue weighted by Crippen LogP contribution is 2.18. The van der Waals surface area contributed by atoms with E-state index in [1.807, 2.05) is 30.3 Å². The molecule has 8 heteroatoms. The molecule has 0 radical (unpaired) electrons. The highest BCUT2D eigenvalue weighted by molar-refractivity contribution is 7.88. The fraction of sp³-hybridized carbons (Fsp3) is 0.588. The fourth-order valence-corrected chi connectivity index (χ4v) is 4.93. The smallest absolute Gasteiger partial charge is 0.237 e. The van der Waals surface area contributed by atoms with Crippen LogP contribution in [0.25, 0.3) is 0 Å². The predicted molar refractivity (Wildman–Crippen MR) is 100 cm³/mol. The number of amides is 1. The Morgan fingerprint density at radius 1 is 1.16 bits per heavy atom. The van der Waals surface area contributed by atoms with Gasteiger partial charge in [0.15, 0.2) is 0 Å². The number of hydrogen-bond acceptors (Lipinski definition) is 4. The molecule has 2 N–H and O–H groups in total. The number of carbonyl (C=O) groups excluding carboxylic acids is 1. The summed E-state index contributed by atoms with van der Waals surface area (Å²) in [5, 5.41) is 6.25.